The Kier molecular flexibility index (Phi) is 6.04. The van der Waals surface area contributed by atoms with Crippen LogP contribution in [-0.2, 0) is 26.8 Å². The van der Waals surface area contributed by atoms with Crippen LogP contribution in [0.1, 0.15) is 17.5 Å². The van der Waals surface area contributed by atoms with Gasteiger partial charge in [-0.25, -0.2) is 17.1 Å². The van der Waals surface area contributed by atoms with Crippen LogP contribution in [0.5, 0.6) is 5.75 Å². The summed E-state index contributed by atoms with van der Waals surface area (Å²) in [5.74, 6) is 0.181. The Hall–Kier alpha value is -2.00. The highest BCUT2D eigenvalue weighted by molar-refractivity contribution is 7.89. The second-order valence-electron chi connectivity index (χ2n) is 6.98. The lowest BCUT2D eigenvalue weighted by Gasteiger charge is -2.42. The van der Waals surface area contributed by atoms with Crippen molar-refractivity contribution in [1.82, 2.24) is 4.31 Å². The maximum absolute atomic E-state index is 14.5. The lowest BCUT2D eigenvalue weighted by Crippen LogP contribution is -2.59. The molecular weight excluding hydrogens is 383 g/mol. The summed E-state index contributed by atoms with van der Waals surface area (Å²) >= 11 is 0. The van der Waals surface area contributed by atoms with E-state index in [0.29, 0.717) is 5.75 Å². The number of nitrogens with zero attached hydrogens (tertiary/aromatic N) is 1. The number of sulfonamides is 1. The highest BCUT2D eigenvalue weighted by atomic mass is 32.2. The Balaban J connectivity index is 1.90. The van der Waals surface area contributed by atoms with Gasteiger partial charge < -0.3 is 15.2 Å². The molecule has 1 fully saturated rings. The van der Waals surface area contributed by atoms with E-state index in [1.165, 1.54) is 17.4 Å². The number of ether oxygens (including phenoxy) is 2. The van der Waals surface area contributed by atoms with Crippen molar-refractivity contribution >= 4 is 10.0 Å². The van der Waals surface area contributed by atoms with Crippen molar-refractivity contribution in [2.24, 2.45) is 5.73 Å². The zero-order valence-electron chi connectivity index (χ0n) is 16.0. The molecule has 2 aromatic carbocycles. The molecule has 6 nitrogen and oxygen atoms in total. The van der Waals surface area contributed by atoms with E-state index in [9.17, 15) is 12.8 Å². The van der Waals surface area contributed by atoms with Crippen molar-refractivity contribution in [2.45, 2.75) is 23.8 Å². The van der Waals surface area contributed by atoms with Gasteiger partial charge in [-0.1, -0.05) is 30.3 Å². The van der Waals surface area contributed by atoms with Gasteiger partial charge in [-0.15, -0.1) is 0 Å². The number of hydrogen-bond donors (Lipinski definition) is 1. The van der Waals surface area contributed by atoms with Gasteiger partial charge in [-0.3, -0.25) is 0 Å². The van der Waals surface area contributed by atoms with Crippen LogP contribution in [0.25, 0.3) is 0 Å². The summed E-state index contributed by atoms with van der Waals surface area (Å²) in [7, 11) is -0.799. The average Bonchev–Trinajstić information content (AvgIpc) is 2.69. The first-order chi connectivity index (χ1) is 13.3. The topological polar surface area (TPSA) is 81.9 Å². The summed E-state index contributed by atoms with van der Waals surface area (Å²) < 4.78 is 52.9. The van der Waals surface area contributed by atoms with Gasteiger partial charge in [-0.2, -0.15) is 0 Å². The molecule has 0 aliphatic carbocycles. The van der Waals surface area contributed by atoms with Crippen molar-refractivity contribution in [3.8, 4) is 5.75 Å². The summed E-state index contributed by atoms with van der Waals surface area (Å²) in [6, 6.07) is 13.2. The predicted octanol–water partition coefficient (Wildman–Crippen LogP) is 2.24. The summed E-state index contributed by atoms with van der Waals surface area (Å²) in [4.78, 5) is 0. The van der Waals surface area contributed by atoms with Gasteiger partial charge >= 0.3 is 0 Å². The van der Waals surface area contributed by atoms with Gasteiger partial charge in [0, 0.05) is 25.8 Å². The monoisotopic (exact) mass is 408 g/mol. The number of halogens is 1. The number of methoxy groups -OCH3 is 1. The summed E-state index contributed by atoms with van der Waals surface area (Å²) in [5.41, 5.74) is 6.18. The van der Waals surface area contributed by atoms with Crippen molar-refractivity contribution in [3.63, 3.8) is 0 Å². The molecule has 152 valence electrons. The fourth-order valence-corrected chi connectivity index (χ4v) is 5.34. The van der Waals surface area contributed by atoms with Gasteiger partial charge in [0.15, 0.2) is 0 Å². The number of nitrogens with two attached hydrogens (primary N) is 1. The van der Waals surface area contributed by atoms with E-state index in [-0.39, 0.29) is 31.7 Å². The Morgan fingerprint density at radius 3 is 2.57 bits per heavy atom. The molecule has 0 bridgehead atoms. The van der Waals surface area contributed by atoms with Crippen LogP contribution < -0.4 is 10.5 Å². The second-order valence-corrected chi connectivity index (χ2v) is 9.21. The molecule has 3 rings (SSSR count). The molecule has 2 N–H and O–H groups in total. The second kappa shape index (κ2) is 8.16. The zero-order valence-corrected chi connectivity index (χ0v) is 16.8. The number of benzene rings is 2. The third-order valence-corrected chi connectivity index (χ3v) is 7.51. The first-order valence-electron chi connectivity index (χ1n) is 8.99. The highest BCUT2D eigenvalue weighted by Gasteiger charge is 2.49. The van der Waals surface area contributed by atoms with Gasteiger partial charge in [0.1, 0.15) is 16.8 Å². The molecule has 2 aromatic rings. The van der Waals surface area contributed by atoms with Crippen LogP contribution in [0.3, 0.4) is 0 Å². The Morgan fingerprint density at radius 2 is 1.93 bits per heavy atom. The van der Waals surface area contributed by atoms with Crippen molar-refractivity contribution in [3.05, 3.63) is 65.5 Å². The lowest BCUT2D eigenvalue weighted by molar-refractivity contribution is 0.0528. The SMILES string of the molecule is COc1ccc(CN(C)S(=O)(=O)C2COCCC2(N)c2ccccc2F)cc1. The maximum atomic E-state index is 14.5. The molecule has 0 amide bonds. The molecule has 0 saturated carbocycles. The van der Waals surface area contributed by atoms with Crippen LogP contribution in [0.4, 0.5) is 4.39 Å². The van der Waals surface area contributed by atoms with Crippen molar-refractivity contribution in [1.29, 1.82) is 0 Å². The fourth-order valence-electron chi connectivity index (χ4n) is 3.53. The zero-order chi connectivity index (χ0) is 20.4. The quantitative estimate of drug-likeness (QED) is 0.793. The third-order valence-electron chi connectivity index (χ3n) is 5.24. The number of rotatable bonds is 6. The lowest BCUT2D eigenvalue weighted by atomic mass is 9.83. The van der Waals surface area contributed by atoms with E-state index in [0.717, 1.165) is 5.56 Å². The molecule has 1 saturated heterocycles. The minimum Gasteiger partial charge on any atom is -0.497 e. The van der Waals surface area contributed by atoms with E-state index in [1.54, 1.807) is 49.6 Å². The molecule has 1 aliphatic rings. The Bertz CT molecular complexity index is 920. The smallest absolute Gasteiger partial charge is 0.221 e. The van der Waals surface area contributed by atoms with Crippen molar-refractivity contribution < 1.29 is 22.3 Å². The van der Waals surface area contributed by atoms with Gasteiger partial charge in [0.05, 0.1) is 19.3 Å². The van der Waals surface area contributed by atoms with E-state index in [2.05, 4.69) is 0 Å². The van der Waals surface area contributed by atoms with Gasteiger partial charge in [-0.05, 0) is 30.2 Å². The standard InChI is InChI=1S/C20H25FN2O4S/c1-23(13-15-7-9-16(26-2)10-8-15)28(24,25)19-14-27-12-11-20(19,22)17-5-3-4-6-18(17)21/h3-10,19H,11-14,22H2,1-2H3. The summed E-state index contributed by atoms with van der Waals surface area (Å²) in [6.07, 6.45) is 0.216. The minimum absolute atomic E-state index is 0.0832. The average molecular weight is 408 g/mol. The molecule has 0 radical (unpaired) electrons. The molecule has 1 heterocycles. The Labute approximate surface area is 165 Å². The van der Waals surface area contributed by atoms with Crippen LogP contribution in [0.15, 0.2) is 48.5 Å². The van der Waals surface area contributed by atoms with E-state index in [1.807, 2.05) is 0 Å². The normalized spacial score (nSPS) is 23.0. The first-order valence-corrected chi connectivity index (χ1v) is 10.5. The van der Waals surface area contributed by atoms with Gasteiger partial charge in [0.2, 0.25) is 10.0 Å². The highest BCUT2D eigenvalue weighted by Crippen LogP contribution is 2.36. The fraction of sp³-hybridized carbons (Fsp3) is 0.400. The summed E-state index contributed by atoms with van der Waals surface area (Å²) in [5, 5.41) is -1.09. The molecule has 1 aliphatic heterocycles. The van der Waals surface area contributed by atoms with Crippen LogP contribution in [0.2, 0.25) is 0 Å². The predicted molar refractivity (Wildman–Crippen MR) is 105 cm³/mol. The molecule has 2 unspecified atom stereocenters. The van der Waals surface area contributed by atoms with Crippen LogP contribution in [-0.4, -0.2) is 45.3 Å². The minimum atomic E-state index is -3.86. The largest absolute Gasteiger partial charge is 0.497 e. The molecule has 0 aromatic heterocycles. The van der Waals surface area contributed by atoms with E-state index >= 15 is 0 Å². The van der Waals surface area contributed by atoms with Crippen LogP contribution in [0, 0.1) is 5.82 Å². The molecule has 8 heteroatoms. The van der Waals surface area contributed by atoms with E-state index < -0.39 is 26.6 Å². The molecule has 28 heavy (non-hydrogen) atoms. The number of hydrogen-bond acceptors (Lipinski definition) is 5. The maximum Gasteiger partial charge on any atom is 0.221 e. The molecule has 0 spiro atoms. The van der Waals surface area contributed by atoms with Crippen LogP contribution >= 0.6 is 0 Å². The van der Waals surface area contributed by atoms with Gasteiger partial charge in [0.25, 0.3) is 0 Å². The molecule has 2 atom stereocenters. The first kappa shape index (κ1) is 20.7. The summed E-state index contributed by atoms with van der Waals surface area (Å²) in [6.45, 7) is 0.356. The molecular formula is C20H25FN2O4S. The van der Waals surface area contributed by atoms with Crippen molar-refractivity contribution in [2.75, 3.05) is 27.4 Å². The third kappa shape index (κ3) is 3.91. The van der Waals surface area contributed by atoms with E-state index in [4.69, 9.17) is 15.2 Å². The Morgan fingerprint density at radius 1 is 1.25 bits per heavy atom.